The van der Waals surface area contributed by atoms with Crippen LogP contribution in [0.1, 0.15) is 44.9 Å². The molecule has 0 bridgehead atoms. The number of nitrogens with one attached hydrogen (secondary N) is 1. The first kappa shape index (κ1) is 13.5. The Kier molecular flexibility index (Phi) is 4.75. The van der Waals surface area contributed by atoms with Crippen LogP contribution in [0.5, 0.6) is 0 Å². The number of carbonyl (C=O) groups is 2. The first-order valence-corrected chi connectivity index (χ1v) is 7.20. The zero-order valence-electron chi connectivity index (χ0n) is 11.3. The number of nitrogens with zero attached hydrogens (tertiary/aromatic N) is 1. The Morgan fingerprint density at radius 1 is 1.11 bits per heavy atom. The molecule has 1 unspecified atom stereocenters. The van der Waals surface area contributed by atoms with Crippen LogP contribution < -0.4 is 5.32 Å². The standard InChI is InChI=1S/C14H24N2O2/c1-15-14(18)12-8-5-9-16(12)10-13(17)11-6-3-2-4-7-11/h11-12H,2-10H2,1H3,(H,15,18). The van der Waals surface area contributed by atoms with Crippen LogP contribution in [-0.2, 0) is 9.59 Å². The number of hydrogen-bond acceptors (Lipinski definition) is 3. The molecule has 0 aromatic carbocycles. The SMILES string of the molecule is CNC(=O)C1CCCN1CC(=O)C1CCCCC1. The topological polar surface area (TPSA) is 49.4 Å². The Balaban J connectivity index is 1.87. The molecule has 0 radical (unpaired) electrons. The average Bonchev–Trinajstić information content (AvgIpc) is 2.87. The molecule has 0 aromatic rings. The summed E-state index contributed by atoms with van der Waals surface area (Å²) in [5, 5.41) is 2.70. The number of rotatable bonds is 4. The zero-order chi connectivity index (χ0) is 13.0. The van der Waals surface area contributed by atoms with Crippen LogP contribution in [0.4, 0.5) is 0 Å². The Hall–Kier alpha value is -0.900. The molecule has 1 saturated carbocycles. The highest BCUT2D eigenvalue weighted by molar-refractivity contribution is 5.85. The summed E-state index contributed by atoms with van der Waals surface area (Å²) >= 11 is 0. The van der Waals surface area contributed by atoms with Gasteiger partial charge in [0.05, 0.1) is 12.6 Å². The van der Waals surface area contributed by atoms with Crippen LogP contribution in [0, 0.1) is 5.92 Å². The average molecular weight is 252 g/mol. The maximum absolute atomic E-state index is 12.2. The van der Waals surface area contributed by atoms with Crippen molar-refractivity contribution in [1.29, 1.82) is 0 Å². The van der Waals surface area contributed by atoms with Crippen molar-refractivity contribution >= 4 is 11.7 Å². The molecule has 1 amide bonds. The Labute approximate surface area is 109 Å². The van der Waals surface area contributed by atoms with Crippen molar-refractivity contribution in [3.63, 3.8) is 0 Å². The Morgan fingerprint density at radius 3 is 2.50 bits per heavy atom. The van der Waals surface area contributed by atoms with E-state index in [1.165, 1.54) is 19.3 Å². The van der Waals surface area contributed by atoms with E-state index in [4.69, 9.17) is 0 Å². The van der Waals surface area contributed by atoms with Gasteiger partial charge in [0, 0.05) is 13.0 Å². The molecule has 18 heavy (non-hydrogen) atoms. The summed E-state index contributed by atoms with van der Waals surface area (Å²) in [4.78, 5) is 26.0. The fraction of sp³-hybridized carbons (Fsp3) is 0.857. The predicted molar refractivity (Wildman–Crippen MR) is 70.2 cm³/mol. The van der Waals surface area contributed by atoms with Crippen molar-refractivity contribution in [3.8, 4) is 0 Å². The summed E-state index contributed by atoms with van der Waals surface area (Å²) in [6.07, 6.45) is 7.67. The number of likely N-dealkylation sites (tertiary alicyclic amines) is 1. The third kappa shape index (κ3) is 3.10. The number of ketones is 1. The van der Waals surface area contributed by atoms with Gasteiger partial charge < -0.3 is 5.32 Å². The number of carbonyl (C=O) groups excluding carboxylic acids is 2. The molecule has 1 N–H and O–H groups in total. The van der Waals surface area contributed by atoms with E-state index < -0.39 is 0 Å². The molecular formula is C14H24N2O2. The quantitative estimate of drug-likeness (QED) is 0.821. The first-order valence-electron chi connectivity index (χ1n) is 7.20. The minimum absolute atomic E-state index is 0.0592. The van der Waals surface area contributed by atoms with E-state index in [0.29, 0.717) is 12.3 Å². The molecule has 2 aliphatic rings. The lowest BCUT2D eigenvalue weighted by Crippen LogP contribution is -2.45. The minimum atomic E-state index is -0.0810. The van der Waals surface area contributed by atoms with Gasteiger partial charge in [0.25, 0.3) is 0 Å². The molecule has 0 spiro atoms. The number of hydrogen-bond donors (Lipinski definition) is 1. The smallest absolute Gasteiger partial charge is 0.237 e. The highest BCUT2D eigenvalue weighted by atomic mass is 16.2. The minimum Gasteiger partial charge on any atom is -0.358 e. The van der Waals surface area contributed by atoms with Gasteiger partial charge in [0.1, 0.15) is 5.78 Å². The fourth-order valence-corrected chi connectivity index (χ4v) is 3.23. The second kappa shape index (κ2) is 6.32. The predicted octanol–water partition coefficient (Wildman–Crippen LogP) is 1.35. The lowest BCUT2D eigenvalue weighted by molar-refractivity contribution is -0.128. The van der Waals surface area contributed by atoms with Gasteiger partial charge in [-0.3, -0.25) is 14.5 Å². The summed E-state index contributed by atoms with van der Waals surface area (Å²) in [6.45, 7) is 1.36. The van der Waals surface area contributed by atoms with Crippen molar-refractivity contribution in [2.24, 2.45) is 5.92 Å². The Morgan fingerprint density at radius 2 is 1.83 bits per heavy atom. The first-order chi connectivity index (χ1) is 8.72. The second-order valence-corrected chi connectivity index (χ2v) is 5.54. The third-order valence-corrected chi connectivity index (χ3v) is 4.33. The van der Waals surface area contributed by atoms with Crippen molar-refractivity contribution < 1.29 is 9.59 Å². The molecular weight excluding hydrogens is 228 g/mol. The van der Waals surface area contributed by atoms with Gasteiger partial charge in [-0.1, -0.05) is 19.3 Å². The summed E-state index contributed by atoms with van der Waals surface area (Å²) < 4.78 is 0. The maximum atomic E-state index is 12.2. The van der Waals surface area contributed by atoms with Crippen LogP contribution in [0.15, 0.2) is 0 Å². The monoisotopic (exact) mass is 252 g/mol. The molecule has 4 nitrogen and oxygen atoms in total. The largest absolute Gasteiger partial charge is 0.358 e. The molecule has 1 saturated heterocycles. The lowest BCUT2D eigenvalue weighted by atomic mass is 9.86. The molecule has 1 heterocycles. The van der Waals surface area contributed by atoms with E-state index in [9.17, 15) is 9.59 Å². The van der Waals surface area contributed by atoms with Gasteiger partial charge in [-0.05, 0) is 32.2 Å². The molecule has 2 rings (SSSR count). The number of Topliss-reactive ketones (excluding diaryl/α,β-unsaturated/α-hetero) is 1. The molecule has 102 valence electrons. The summed E-state index contributed by atoms with van der Waals surface area (Å²) in [5.41, 5.74) is 0. The van der Waals surface area contributed by atoms with Crippen molar-refractivity contribution in [2.75, 3.05) is 20.1 Å². The van der Waals surface area contributed by atoms with Gasteiger partial charge in [0.15, 0.2) is 0 Å². The van der Waals surface area contributed by atoms with Crippen LogP contribution >= 0.6 is 0 Å². The van der Waals surface area contributed by atoms with Gasteiger partial charge >= 0.3 is 0 Å². The highest BCUT2D eigenvalue weighted by Gasteiger charge is 2.32. The van der Waals surface area contributed by atoms with Gasteiger partial charge in [0.2, 0.25) is 5.91 Å². The summed E-state index contributed by atoms with van der Waals surface area (Å²) in [6, 6.07) is -0.0810. The van der Waals surface area contributed by atoms with Crippen LogP contribution in [-0.4, -0.2) is 42.8 Å². The molecule has 1 aliphatic heterocycles. The lowest BCUT2D eigenvalue weighted by Gasteiger charge is -2.26. The van der Waals surface area contributed by atoms with E-state index in [1.54, 1.807) is 7.05 Å². The molecule has 1 aliphatic carbocycles. The fourth-order valence-electron chi connectivity index (χ4n) is 3.23. The third-order valence-electron chi connectivity index (χ3n) is 4.33. The normalized spacial score (nSPS) is 26.2. The van der Waals surface area contributed by atoms with Gasteiger partial charge in [-0.2, -0.15) is 0 Å². The van der Waals surface area contributed by atoms with Gasteiger partial charge in [-0.15, -0.1) is 0 Å². The molecule has 1 atom stereocenters. The van der Waals surface area contributed by atoms with E-state index in [-0.39, 0.29) is 17.9 Å². The van der Waals surface area contributed by atoms with Gasteiger partial charge in [-0.25, -0.2) is 0 Å². The molecule has 2 fully saturated rings. The molecule has 4 heteroatoms. The molecule has 0 aromatic heterocycles. The summed E-state index contributed by atoms with van der Waals surface area (Å²) in [7, 11) is 1.67. The van der Waals surface area contributed by atoms with Crippen molar-refractivity contribution in [3.05, 3.63) is 0 Å². The van der Waals surface area contributed by atoms with E-state index in [1.807, 2.05) is 0 Å². The Bertz CT molecular complexity index is 311. The number of amides is 1. The van der Waals surface area contributed by atoms with Crippen LogP contribution in [0.25, 0.3) is 0 Å². The van der Waals surface area contributed by atoms with Crippen molar-refractivity contribution in [2.45, 2.75) is 51.0 Å². The highest BCUT2D eigenvalue weighted by Crippen LogP contribution is 2.26. The summed E-state index contributed by atoms with van der Waals surface area (Å²) in [5.74, 6) is 0.666. The maximum Gasteiger partial charge on any atom is 0.237 e. The van der Waals surface area contributed by atoms with E-state index >= 15 is 0 Å². The second-order valence-electron chi connectivity index (χ2n) is 5.54. The number of likely N-dealkylation sites (N-methyl/N-ethyl adjacent to an activating group) is 1. The van der Waals surface area contributed by atoms with E-state index in [2.05, 4.69) is 10.2 Å². The van der Waals surface area contributed by atoms with Crippen LogP contribution in [0.2, 0.25) is 0 Å². The van der Waals surface area contributed by atoms with Crippen molar-refractivity contribution in [1.82, 2.24) is 10.2 Å². The van der Waals surface area contributed by atoms with E-state index in [0.717, 1.165) is 32.2 Å². The van der Waals surface area contributed by atoms with Crippen LogP contribution in [0.3, 0.4) is 0 Å². The zero-order valence-corrected chi connectivity index (χ0v) is 11.3.